The van der Waals surface area contributed by atoms with E-state index in [1.54, 1.807) is 6.08 Å². The Balaban J connectivity index is 0.000000891. The van der Waals surface area contributed by atoms with Gasteiger partial charge >= 0.3 is 0 Å². The summed E-state index contributed by atoms with van der Waals surface area (Å²) >= 11 is 0. The van der Waals surface area contributed by atoms with E-state index in [2.05, 4.69) is 30.7 Å². The van der Waals surface area contributed by atoms with Crippen molar-refractivity contribution < 1.29 is 0 Å². The van der Waals surface area contributed by atoms with Gasteiger partial charge in [-0.05, 0) is 25.6 Å². The number of rotatable bonds is 4. The fourth-order valence-corrected chi connectivity index (χ4v) is 2.48. The number of piperazine rings is 1. The minimum absolute atomic E-state index is 0.0258. The fraction of sp³-hybridized carbons (Fsp3) is 0.474. The Morgan fingerprint density at radius 1 is 1.12 bits per heavy atom. The molecule has 5 nitrogen and oxygen atoms in total. The molecule has 1 saturated heterocycles. The molecule has 4 N–H and O–H groups in total. The van der Waals surface area contributed by atoms with Crippen LogP contribution in [0.5, 0.6) is 0 Å². The summed E-state index contributed by atoms with van der Waals surface area (Å²) in [5.74, 6) is 0.0258. The Hall–Kier alpha value is -2.14. The first-order chi connectivity index (χ1) is 11.4. The van der Waals surface area contributed by atoms with Crippen molar-refractivity contribution in [3.8, 4) is 0 Å². The summed E-state index contributed by atoms with van der Waals surface area (Å²) < 4.78 is 0. The van der Waals surface area contributed by atoms with Crippen LogP contribution < -0.4 is 5.73 Å². The molecule has 0 unspecified atom stereocenters. The number of aryl methyl sites for hydroxylation is 1. The SMILES string of the molecule is CCC.Cc1ccccc1C(=N)/C=C(\C(=N)N)N1CCN(C)CC1. The molecule has 5 heteroatoms. The molecule has 0 aliphatic carbocycles. The lowest BCUT2D eigenvalue weighted by molar-refractivity contribution is 0.192. The van der Waals surface area contributed by atoms with Gasteiger partial charge in [-0.25, -0.2) is 0 Å². The van der Waals surface area contributed by atoms with Crippen molar-refractivity contribution in [3.05, 3.63) is 47.2 Å². The molecular weight excluding hydrogens is 298 g/mol. The van der Waals surface area contributed by atoms with Crippen LogP contribution in [0.25, 0.3) is 0 Å². The van der Waals surface area contributed by atoms with Gasteiger partial charge in [-0.15, -0.1) is 0 Å². The Kier molecular flexibility index (Phi) is 8.19. The Morgan fingerprint density at radius 3 is 2.17 bits per heavy atom. The van der Waals surface area contributed by atoms with Crippen LogP contribution in [-0.4, -0.2) is 54.6 Å². The highest BCUT2D eigenvalue weighted by atomic mass is 15.3. The van der Waals surface area contributed by atoms with E-state index < -0.39 is 0 Å². The summed E-state index contributed by atoms with van der Waals surface area (Å²) in [5, 5.41) is 16.1. The number of nitrogens with one attached hydrogen (secondary N) is 2. The molecule has 1 aromatic rings. The topological polar surface area (TPSA) is 80.2 Å². The maximum atomic E-state index is 8.29. The number of hydrogen-bond donors (Lipinski definition) is 3. The van der Waals surface area contributed by atoms with E-state index in [0.29, 0.717) is 11.4 Å². The summed E-state index contributed by atoms with van der Waals surface area (Å²) in [6.07, 6.45) is 2.97. The molecule has 1 heterocycles. The van der Waals surface area contributed by atoms with E-state index in [9.17, 15) is 0 Å². The first-order valence-corrected chi connectivity index (χ1v) is 8.54. The van der Waals surface area contributed by atoms with Crippen LogP contribution in [0.15, 0.2) is 36.0 Å². The second kappa shape index (κ2) is 9.88. The summed E-state index contributed by atoms with van der Waals surface area (Å²) in [7, 11) is 2.09. The predicted molar refractivity (Wildman–Crippen MR) is 103 cm³/mol. The number of likely N-dealkylation sites (N-methyl/N-ethyl adjacent to an activating group) is 1. The standard InChI is InChI=1S/C16H23N5.C3H8/c1-12-5-3-4-6-13(12)14(17)11-15(16(18)19)21-9-7-20(2)8-10-21;1-3-2/h3-6,11,17H,7-10H2,1-2H3,(H3,18,19);3H2,1-2H3/b15-11+,17-14?;. The molecule has 1 aliphatic heterocycles. The van der Waals surface area contributed by atoms with Crippen molar-refractivity contribution in [2.24, 2.45) is 5.73 Å². The normalized spacial score (nSPS) is 15.5. The van der Waals surface area contributed by atoms with E-state index in [1.165, 1.54) is 6.42 Å². The molecule has 132 valence electrons. The van der Waals surface area contributed by atoms with Gasteiger partial charge in [0.25, 0.3) is 0 Å². The van der Waals surface area contributed by atoms with E-state index >= 15 is 0 Å². The zero-order valence-electron chi connectivity index (χ0n) is 15.4. The summed E-state index contributed by atoms with van der Waals surface area (Å²) in [6, 6.07) is 7.80. The monoisotopic (exact) mass is 329 g/mol. The summed E-state index contributed by atoms with van der Waals surface area (Å²) in [5.41, 5.74) is 8.71. The van der Waals surface area contributed by atoms with Crippen LogP contribution in [0, 0.1) is 17.7 Å². The van der Waals surface area contributed by atoms with Gasteiger partial charge in [0, 0.05) is 31.7 Å². The Labute approximate surface area is 146 Å². The zero-order chi connectivity index (χ0) is 18.1. The fourth-order valence-electron chi connectivity index (χ4n) is 2.48. The highest BCUT2D eigenvalue weighted by Crippen LogP contribution is 2.13. The van der Waals surface area contributed by atoms with Crippen LogP contribution in [0.3, 0.4) is 0 Å². The van der Waals surface area contributed by atoms with E-state index in [-0.39, 0.29) is 5.84 Å². The highest BCUT2D eigenvalue weighted by Gasteiger charge is 2.18. The lowest BCUT2D eigenvalue weighted by Crippen LogP contribution is -2.46. The van der Waals surface area contributed by atoms with Crippen LogP contribution in [0.4, 0.5) is 0 Å². The average Bonchev–Trinajstić information content (AvgIpc) is 2.54. The molecule has 0 amide bonds. The average molecular weight is 329 g/mol. The maximum Gasteiger partial charge on any atom is 0.139 e. The predicted octanol–water partition coefficient (Wildman–Crippen LogP) is 2.85. The molecule has 0 spiro atoms. The zero-order valence-corrected chi connectivity index (χ0v) is 15.4. The number of allylic oxidation sites excluding steroid dienone is 1. The van der Waals surface area contributed by atoms with Crippen molar-refractivity contribution in [1.29, 1.82) is 10.8 Å². The quantitative estimate of drug-likeness (QED) is 0.587. The van der Waals surface area contributed by atoms with E-state index in [4.69, 9.17) is 16.6 Å². The molecule has 0 radical (unpaired) electrons. The van der Waals surface area contributed by atoms with Crippen LogP contribution in [-0.2, 0) is 0 Å². The van der Waals surface area contributed by atoms with Crippen molar-refractivity contribution in [2.45, 2.75) is 27.2 Å². The molecule has 0 saturated carbocycles. The molecule has 0 aromatic heterocycles. The van der Waals surface area contributed by atoms with Crippen molar-refractivity contribution in [2.75, 3.05) is 33.2 Å². The lowest BCUT2D eigenvalue weighted by atomic mass is 10.0. The highest BCUT2D eigenvalue weighted by molar-refractivity contribution is 6.11. The van der Waals surface area contributed by atoms with Gasteiger partial charge in [0.15, 0.2) is 0 Å². The third-order valence-corrected chi connectivity index (χ3v) is 3.84. The van der Waals surface area contributed by atoms with Crippen molar-refractivity contribution in [1.82, 2.24) is 9.80 Å². The number of nitrogens with two attached hydrogens (primary N) is 1. The Morgan fingerprint density at radius 2 is 1.67 bits per heavy atom. The smallest absolute Gasteiger partial charge is 0.139 e. The minimum atomic E-state index is 0.0258. The maximum absolute atomic E-state index is 8.29. The van der Waals surface area contributed by atoms with Crippen LogP contribution in [0.2, 0.25) is 0 Å². The number of benzene rings is 1. The van der Waals surface area contributed by atoms with Gasteiger partial charge < -0.3 is 20.9 Å². The van der Waals surface area contributed by atoms with E-state index in [1.807, 2.05) is 31.2 Å². The number of amidine groups is 1. The molecule has 1 aliphatic rings. The molecule has 0 bridgehead atoms. The minimum Gasteiger partial charge on any atom is -0.382 e. The Bertz CT molecular complexity index is 583. The van der Waals surface area contributed by atoms with Gasteiger partial charge in [0.1, 0.15) is 5.84 Å². The van der Waals surface area contributed by atoms with Crippen LogP contribution in [0.1, 0.15) is 31.4 Å². The molecule has 2 rings (SSSR count). The van der Waals surface area contributed by atoms with Gasteiger partial charge in [0.05, 0.1) is 11.4 Å². The second-order valence-electron chi connectivity index (χ2n) is 6.17. The largest absolute Gasteiger partial charge is 0.382 e. The number of nitrogens with zero attached hydrogens (tertiary/aromatic N) is 2. The van der Waals surface area contributed by atoms with Gasteiger partial charge in [-0.1, -0.05) is 44.5 Å². The summed E-state index contributed by atoms with van der Waals surface area (Å²) in [6.45, 7) is 9.80. The molecule has 0 atom stereocenters. The third-order valence-electron chi connectivity index (χ3n) is 3.84. The molecule has 1 aromatic carbocycles. The van der Waals surface area contributed by atoms with E-state index in [0.717, 1.165) is 37.3 Å². The molecule has 24 heavy (non-hydrogen) atoms. The third kappa shape index (κ3) is 5.81. The van der Waals surface area contributed by atoms with Gasteiger partial charge in [-0.2, -0.15) is 0 Å². The lowest BCUT2D eigenvalue weighted by Gasteiger charge is -2.35. The van der Waals surface area contributed by atoms with Gasteiger partial charge in [0.2, 0.25) is 0 Å². The second-order valence-corrected chi connectivity index (χ2v) is 6.17. The first-order valence-electron chi connectivity index (χ1n) is 8.54. The summed E-state index contributed by atoms with van der Waals surface area (Å²) in [4.78, 5) is 4.34. The van der Waals surface area contributed by atoms with Crippen molar-refractivity contribution >= 4 is 11.5 Å². The molecule has 1 fully saturated rings. The molecular formula is C19H31N5. The van der Waals surface area contributed by atoms with Crippen LogP contribution >= 0.6 is 0 Å². The van der Waals surface area contributed by atoms with Crippen molar-refractivity contribution in [3.63, 3.8) is 0 Å². The number of hydrogen-bond acceptors (Lipinski definition) is 4. The van der Waals surface area contributed by atoms with Gasteiger partial charge in [-0.3, -0.25) is 5.41 Å². The first kappa shape index (κ1) is 19.9.